The maximum Gasteiger partial charge on any atom is 0.261 e. The van der Waals surface area contributed by atoms with E-state index >= 15 is 0 Å². The van der Waals surface area contributed by atoms with E-state index in [0.29, 0.717) is 12.8 Å². The number of benzene rings is 2. The van der Waals surface area contributed by atoms with Gasteiger partial charge < -0.3 is 15.1 Å². The lowest BCUT2D eigenvalue weighted by atomic mass is 10.1. The van der Waals surface area contributed by atoms with Gasteiger partial charge in [-0.15, -0.1) is 0 Å². The van der Waals surface area contributed by atoms with E-state index in [1.165, 1.54) is 17.0 Å². The van der Waals surface area contributed by atoms with Gasteiger partial charge in [0, 0.05) is 38.2 Å². The topological polar surface area (TPSA) is 104 Å². The van der Waals surface area contributed by atoms with E-state index in [4.69, 9.17) is 0 Å². The summed E-state index contributed by atoms with van der Waals surface area (Å²) in [7, 11) is -4.39. The smallest absolute Gasteiger partial charge is 0.261 e. The number of nitrogens with zero attached hydrogens (tertiary/aromatic N) is 2. The first kappa shape index (κ1) is 25.4. The van der Waals surface area contributed by atoms with Gasteiger partial charge in [-0.3, -0.25) is 14.4 Å². The number of piperazine rings is 1. The molecule has 1 aliphatic rings. The number of sulfone groups is 1. The van der Waals surface area contributed by atoms with Gasteiger partial charge in [0.25, 0.3) is 11.8 Å². The van der Waals surface area contributed by atoms with Crippen molar-refractivity contribution in [3.05, 3.63) is 65.5 Å². The van der Waals surface area contributed by atoms with Crippen molar-refractivity contribution in [2.75, 3.05) is 26.2 Å². The number of rotatable bonds is 7. The van der Waals surface area contributed by atoms with Gasteiger partial charge in [-0.25, -0.2) is 12.8 Å². The Bertz CT molecular complexity index is 1140. The fraction of sp³-hybridized carbons (Fsp3) is 0.375. The Morgan fingerprint density at radius 1 is 0.941 bits per heavy atom. The summed E-state index contributed by atoms with van der Waals surface area (Å²) in [5, 5.41) is 0.467. The molecule has 3 amide bonds. The lowest BCUT2D eigenvalue weighted by molar-refractivity contribution is -0.139. The van der Waals surface area contributed by atoms with Crippen LogP contribution in [0, 0.1) is 12.7 Å². The maximum absolute atomic E-state index is 13.4. The second kappa shape index (κ2) is 10.8. The zero-order valence-electron chi connectivity index (χ0n) is 19.2. The molecular formula is C24H28FN3O5S. The van der Waals surface area contributed by atoms with Crippen LogP contribution in [-0.2, 0) is 19.4 Å². The Labute approximate surface area is 198 Å². The number of carbonyl (C=O) groups is 3. The highest BCUT2D eigenvalue weighted by atomic mass is 32.2. The minimum Gasteiger partial charge on any atom is -0.339 e. The predicted octanol–water partition coefficient (Wildman–Crippen LogP) is 2.13. The van der Waals surface area contributed by atoms with Crippen molar-refractivity contribution in [2.24, 2.45) is 0 Å². The predicted molar refractivity (Wildman–Crippen MR) is 124 cm³/mol. The third kappa shape index (κ3) is 5.80. The first-order valence-corrected chi connectivity index (χ1v) is 12.6. The van der Waals surface area contributed by atoms with E-state index in [0.717, 1.165) is 29.8 Å². The number of amides is 3. The van der Waals surface area contributed by atoms with E-state index in [2.05, 4.69) is 5.32 Å². The maximum atomic E-state index is 13.4. The molecule has 1 fully saturated rings. The van der Waals surface area contributed by atoms with Crippen molar-refractivity contribution >= 4 is 27.6 Å². The van der Waals surface area contributed by atoms with Crippen LogP contribution in [0.15, 0.2) is 53.4 Å². The summed E-state index contributed by atoms with van der Waals surface area (Å²) in [6.07, 6.45) is 1.11. The molecule has 2 aromatic rings. The molecule has 8 nitrogen and oxygen atoms in total. The van der Waals surface area contributed by atoms with Crippen LogP contribution in [0.2, 0.25) is 0 Å². The number of aryl methyl sites for hydroxylation is 1. The Morgan fingerprint density at radius 2 is 1.50 bits per heavy atom. The summed E-state index contributed by atoms with van der Waals surface area (Å²) in [6, 6.07) is 10.6. The average molecular weight is 490 g/mol. The minimum atomic E-state index is -4.39. The zero-order chi connectivity index (χ0) is 24.9. The van der Waals surface area contributed by atoms with Gasteiger partial charge >= 0.3 is 0 Å². The molecule has 1 unspecified atom stereocenters. The van der Waals surface area contributed by atoms with Crippen LogP contribution >= 0.6 is 0 Å². The van der Waals surface area contributed by atoms with Crippen molar-refractivity contribution in [1.82, 2.24) is 15.1 Å². The number of hydrogen-bond donors (Lipinski definition) is 1. The van der Waals surface area contributed by atoms with Crippen LogP contribution in [0.1, 0.15) is 35.7 Å². The van der Waals surface area contributed by atoms with E-state index in [1.807, 2.05) is 13.8 Å². The van der Waals surface area contributed by atoms with Crippen molar-refractivity contribution in [3.8, 4) is 0 Å². The summed E-state index contributed by atoms with van der Waals surface area (Å²) in [6.45, 7) is 4.59. The molecule has 1 saturated heterocycles. The SMILES string of the molecule is CCCC(=O)N1CCN(C(=O)C(NC(=O)c2ccc(C)cc2)S(=O)(=O)c2ccc(F)cc2)CC1. The third-order valence-electron chi connectivity index (χ3n) is 5.66. The normalized spacial score (nSPS) is 15.0. The van der Waals surface area contributed by atoms with Crippen LogP contribution in [0.25, 0.3) is 0 Å². The Morgan fingerprint density at radius 3 is 2.06 bits per heavy atom. The molecule has 1 aliphatic heterocycles. The van der Waals surface area contributed by atoms with Crippen LogP contribution < -0.4 is 5.32 Å². The molecule has 34 heavy (non-hydrogen) atoms. The van der Waals surface area contributed by atoms with Gasteiger partial charge in [-0.05, 0) is 49.7 Å². The van der Waals surface area contributed by atoms with Gasteiger partial charge in [0.2, 0.25) is 21.1 Å². The van der Waals surface area contributed by atoms with Crippen LogP contribution in [0.5, 0.6) is 0 Å². The van der Waals surface area contributed by atoms with Crippen molar-refractivity contribution < 1.29 is 27.2 Å². The quantitative estimate of drug-likeness (QED) is 0.600. The first-order chi connectivity index (χ1) is 16.1. The fourth-order valence-electron chi connectivity index (χ4n) is 3.65. The molecule has 0 spiro atoms. The number of halogens is 1. The summed E-state index contributed by atoms with van der Waals surface area (Å²) in [5.41, 5.74) is 1.12. The second-order valence-electron chi connectivity index (χ2n) is 8.17. The molecule has 0 bridgehead atoms. The second-order valence-corrected chi connectivity index (χ2v) is 10.2. The Balaban J connectivity index is 1.86. The van der Waals surface area contributed by atoms with Crippen LogP contribution in [-0.4, -0.2) is 67.5 Å². The molecule has 1 atom stereocenters. The Hall–Kier alpha value is -3.27. The van der Waals surface area contributed by atoms with E-state index in [1.54, 1.807) is 17.0 Å². The standard InChI is InChI=1S/C24H28FN3O5S/c1-3-4-21(29)27-13-15-28(16-14-27)24(31)23(26-22(30)18-7-5-17(2)6-8-18)34(32,33)20-11-9-19(25)10-12-20/h5-12,23H,3-4,13-16H2,1-2H3,(H,26,30). The number of hydrogen-bond acceptors (Lipinski definition) is 5. The van der Waals surface area contributed by atoms with Crippen LogP contribution in [0.4, 0.5) is 4.39 Å². The molecule has 0 saturated carbocycles. The molecule has 3 rings (SSSR count). The van der Waals surface area contributed by atoms with Crippen molar-refractivity contribution in [1.29, 1.82) is 0 Å². The largest absolute Gasteiger partial charge is 0.339 e. The van der Waals surface area contributed by atoms with E-state index in [-0.39, 0.29) is 42.5 Å². The lowest BCUT2D eigenvalue weighted by Gasteiger charge is -2.36. The highest BCUT2D eigenvalue weighted by Gasteiger charge is 2.39. The molecular weight excluding hydrogens is 461 g/mol. The first-order valence-electron chi connectivity index (χ1n) is 11.1. The molecule has 1 N–H and O–H groups in total. The summed E-state index contributed by atoms with van der Waals surface area (Å²) < 4.78 is 40.1. The summed E-state index contributed by atoms with van der Waals surface area (Å²) in [5.74, 6) is -2.16. The van der Waals surface area contributed by atoms with Gasteiger partial charge in [0.15, 0.2) is 0 Å². The highest BCUT2D eigenvalue weighted by molar-refractivity contribution is 7.92. The van der Waals surface area contributed by atoms with E-state index < -0.39 is 32.8 Å². The van der Waals surface area contributed by atoms with Gasteiger partial charge in [-0.1, -0.05) is 24.6 Å². The molecule has 0 aliphatic carbocycles. The average Bonchev–Trinajstić information content (AvgIpc) is 2.83. The molecule has 182 valence electrons. The van der Waals surface area contributed by atoms with Gasteiger partial charge in [0.1, 0.15) is 5.82 Å². The number of carbonyl (C=O) groups excluding carboxylic acids is 3. The molecule has 10 heteroatoms. The fourth-order valence-corrected chi connectivity index (χ4v) is 5.12. The monoisotopic (exact) mass is 489 g/mol. The zero-order valence-corrected chi connectivity index (χ0v) is 20.0. The summed E-state index contributed by atoms with van der Waals surface area (Å²) in [4.78, 5) is 41.0. The Kier molecular flexibility index (Phi) is 8.03. The highest BCUT2D eigenvalue weighted by Crippen LogP contribution is 2.19. The summed E-state index contributed by atoms with van der Waals surface area (Å²) >= 11 is 0. The van der Waals surface area contributed by atoms with E-state index in [9.17, 15) is 27.2 Å². The number of nitrogens with one attached hydrogen (secondary N) is 1. The molecule has 1 heterocycles. The molecule has 0 aromatic heterocycles. The van der Waals surface area contributed by atoms with Gasteiger partial charge in [0.05, 0.1) is 4.90 Å². The minimum absolute atomic E-state index is 0.0160. The molecule has 2 aromatic carbocycles. The van der Waals surface area contributed by atoms with Crippen LogP contribution in [0.3, 0.4) is 0 Å². The third-order valence-corrected chi connectivity index (χ3v) is 7.53. The van der Waals surface area contributed by atoms with Crippen molar-refractivity contribution in [3.63, 3.8) is 0 Å². The lowest BCUT2D eigenvalue weighted by Crippen LogP contribution is -2.57. The van der Waals surface area contributed by atoms with Gasteiger partial charge in [-0.2, -0.15) is 0 Å². The molecule has 0 radical (unpaired) electrons. The van der Waals surface area contributed by atoms with Crippen molar-refractivity contribution in [2.45, 2.75) is 37.0 Å².